The van der Waals surface area contributed by atoms with E-state index in [1.807, 2.05) is 30.3 Å². The third kappa shape index (κ3) is 5.83. The van der Waals surface area contributed by atoms with E-state index in [-0.39, 0.29) is 12.0 Å². The van der Waals surface area contributed by atoms with E-state index in [1.165, 1.54) is 0 Å². The molecule has 0 radical (unpaired) electrons. The first-order chi connectivity index (χ1) is 9.17. The first-order valence-electron chi connectivity index (χ1n) is 6.26. The average molecular weight is 266 g/mol. The molecular weight excluding hydrogens is 244 g/mol. The first-order valence-corrected chi connectivity index (χ1v) is 6.26. The van der Waals surface area contributed by atoms with Gasteiger partial charge in [0, 0.05) is 20.8 Å². The second-order valence-electron chi connectivity index (χ2n) is 4.35. The van der Waals surface area contributed by atoms with Crippen LogP contribution in [-0.4, -0.2) is 45.4 Å². The molecule has 0 aromatic heterocycles. The van der Waals surface area contributed by atoms with Gasteiger partial charge in [-0.25, -0.2) is 0 Å². The Hall–Kier alpha value is -1.43. The molecule has 1 aromatic rings. The van der Waals surface area contributed by atoms with Crippen molar-refractivity contribution in [1.29, 1.82) is 0 Å². The largest absolute Gasteiger partial charge is 0.382 e. The van der Waals surface area contributed by atoms with Crippen molar-refractivity contribution in [2.45, 2.75) is 18.6 Å². The number of carbonyl (C=O) groups is 1. The van der Waals surface area contributed by atoms with Crippen molar-refractivity contribution in [2.24, 2.45) is 5.73 Å². The highest BCUT2D eigenvalue weighted by molar-refractivity contribution is 5.81. The summed E-state index contributed by atoms with van der Waals surface area (Å²) in [5.74, 6) is -0.179. The maximum atomic E-state index is 11.8. The number of nitrogens with two attached hydrogens (primary N) is 1. The smallest absolute Gasteiger partial charge is 0.237 e. The zero-order chi connectivity index (χ0) is 14.1. The van der Waals surface area contributed by atoms with Gasteiger partial charge in [0.15, 0.2) is 0 Å². The van der Waals surface area contributed by atoms with Crippen molar-refractivity contribution in [3.63, 3.8) is 0 Å². The molecular formula is C14H22N2O3. The summed E-state index contributed by atoms with van der Waals surface area (Å²) >= 11 is 0. The number of hydrogen-bond donors (Lipinski definition) is 2. The Morgan fingerprint density at radius 2 is 2.00 bits per heavy atom. The Bertz CT molecular complexity index is 370. The molecule has 1 amide bonds. The minimum Gasteiger partial charge on any atom is -0.382 e. The Labute approximate surface area is 114 Å². The molecule has 0 bridgehead atoms. The fourth-order valence-corrected chi connectivity index (χ4v) is 1.70. The lowest BCUT2D eigenvalue weighted by molar-refractivity contribution is -0.123. The first kappa shape index (κ1) is 15.6. The summed E-state index contributed by atoms with van der Waals surface area (Å²) in [7, 11) is 3.18. The van der Waals surface area contributed by atoms with Gasteiger partial charge in [-0.2, -0.15) is 0 Å². The molecule has 1 aromatic carbocycles. The molecule has 0 spiro atoms. The van der Waals surface area contributed by atoms with Crippen LogP contribution in [0, 0.1) is 0 Å². The molecule has 0 saturated carbocycles. The lowest BCUT2D eigenvalue weighted by atomic mass is 10.1. The molecule has 106 valence electrons. The number of carbonyl (C=O) groups excluding carboxylic acids is 1. The summed E-state index contributed by atoms with van der Waals surface area (Å²) in [4.78, 5) is 11.8. The van der Waals surface area contributed by atoms with Gasteiger partial charge in [0.25, 0.3) is 0 Å². The normalized spacial score (nSPS) is 13.8. The summed E-state index contributed by atoms with van der Waals surface area (Å²) in [5.41, 5.74) is 6.91. The molecule has 0 aliphatic heterocycles. The highest BCUT2D eigenvalue weighted by Gasteiger charge is 2.15. The summed E-state index contributed by atoms with van der Waals surface area (Å²) in [6.07, 6.45) is 0.368. The Kier molecular flexibility index (Phi) is 7.10. The van der Waals surface area contributed by atoms with E-state index in [2.05, 4.69) is 5.32 Å². The number of benzene rings is 1. The maximum Gasteiger partial charge on any atom is 0.237 e. The fourth-order valence-electron chi connectivity index (χ4n) is 1.70. The average Bonchev–Trinajstić information content (AvgIpc) is 2.44. The van der Waals surface area contributed by atoms with Gasteiger partial charge in [0.05, 0.1) is 18.8 Å². The van der Waals surface area contributed by atoms with Crippen molar-refractivity contribution >= 4 is 5.91 Å². The zero-order valence-electron chi connectivity index (χ0n) is 11.5. The molecule has 0 aliphatic rings. The van der Waals surface area contributed by atoms with Crippen molar-refractivity contribution < 1.29 is 14.3 Å². The van der Waals surface area contributed by atoms with Crippen LogP contribution in [0.1, 0.15) is 5.56 Å². The molecule has 3 N–H and O–H groups in total. The van der Waals surface area contributed by atoms with Gasteiger partial charge in [0.2, 0.25) is 5.91 Å². The number of ether oxygens (including phenoxy) is 2. The van der Waals surface area contributed by atoms with Gasteiger partial charge in [-0.1, -0.05) is 30.3 Å². The number of rotatable bonds is 8. The van der Waals surface area contributed by atoms with Crippen molar-refractivity contribution in [3.05, 3.63) is 35.9 Å². The molecule has 1 unspecified atom stereocenters. The summed E-state index contributed by atoms with van der Waals surface area (Å²) in [5, 5.41) is 2.77. The van der Waals surface area contributed by atoms with E-state index >= 15 is 0 Å². The van der Waals surface area contributed by atoms with Gasteiger partial charge >= 0.3 is 0 Å². The lowest BCUT2D eigenvalue weighted by Crippen LogP contribution is -2.45. The van der Waals surface area contributed by atoms with E-state index in [0.29, 0.717) is 19.6 Å². The van der Waals surface area contributed by atoms with Crippen LogP contribution in [0.5, 0.6) is 0 Å². The van der Waals surface area contributed by atoms with Crippen LogP contribution in [0.4, 0.5) is 0 Å². The highest BCUT2D eigenvalue weighted by atomic mass is 16.5. The van der Waals surface area contributed by atoms with Gasteiger partial charge in [-0.3, -0.25) is 4.79 Å². The standard InChI is InChI=1S/C14H22N2O3/c1-18-10-12(19-2)9-16-14(17)13(15)8-11-6-4-3-5-7-11/h3-7,12-13H,8-10,15H2,1-2H3,(H,16,17)/t12?,13-/m1/s1. The van der Waals surface area contributed by atoms with Crippen LogP contribution in [0.3, 0.4) is 0 Å². The number of nitrogens with one attached hydrogen (secondary N) is 1. The number of hydrogen-bond acceptors (Lipinski definition) is 4. The summed E-state index contributed by atoms with van der Waals surface area (Å²) in [6.45, 7) is 0.830. The minimum absolute atomic E-state index is 0.155. The second-order valence-corrected chi connectivity index (χ2v) is 4.35. The van der Waals surface area contributed by atoms with E-state index in [9.17, 15) is 4.79 Å². The van der Waals surface area contributed by atoms with Crippen LogP contribution in [0.25, 0.3) is 0 Å². The molecule has 19 heavy (non-hydrogen) atoms. The molecule has 0 fully saturated rings. The molecule has 2 atom stereocenters. The van der Waals surface area contributed by atoms with E-state index in [1.54, 1.807) is 14.2 Å². The van der Waals surface area contributed by atoms with Crippen LogP contribution in [-0.2, 0) is 20.7 Å². The topological polar surface area (TPSA) is 73.6 Å². The summed E-state index contributed by atoms with van der Waals surface area (Å²) < 4.78 is 10.1. The van der Waals surface area contributed by atoms with Gasteiger partial charge < -0.3 is 20.5 Å². The Morgan fingerprint density at radius 3 is 2.58 bits per heavy atom. The Morgan fingerprint density at radius 1 is 1.32 bits per heavy atom. The van der Waals surface area contributed by atoms with Gasteiger partial charge in [-0.15, -0.1) is 0 Å². The van der Waals surface area contributed by atoms with Gasteiger partial charge in [0.1, 0.15) is 0 Å². The van der Waals surface area contributed by atoms with Crippen LogP contribution >= 0.6 is 0 Å². The van der Waals surface area contributed by atoms with E-state index < -0.39 is 6.04 Å². The molecule has 5 heteroatoms. The van der Waals surface area contributed by atoms with Gasteiger partial charge in [-0.05, 0) is 12.0 Å². The third-order valence-electron chi connectivity index (χ3n) is 2.83. The van der Waals surface area contributed by atoms with Crippen molar-refractivity contribution in [1.82, 2.24) is 5.32 Å². The quantitative estimate of drug-likeness (QED) is 0.711. The Balaban J connectivity index is 2.36. The van der Waals surface area contributed by atoms with E-state index in [0.717, 1.165) is 5.56 Å². The molecule has 1 rings (SSSR count). The van der Waals surface area contributed by atoms with Crippen molar-refractivity contribution in [3.8, 4) is 0 Å². The van der Waals surface area contributed by atoms with Crippen LogP contribution in [0.2, 0.25) is 0 Å². The molecule has 0 aliphatic carbocycles. The SMILES string of the molecule is COCC(CNC(=O)[C@H](N)Cc1ccccc1)OC. The predicted molar refractivity (Wildman–Crippen MR) is 73.8 cm³/mol. The predicted octanol–water partition coefficient (Wildman–Crippen LogP) is 0.334. The third-order valence-corrected chi connectivity index (χ3v) is 2.83. The maximum absolute atomic E-state index is 11.8. The van der Waals surface area contributed by atoms with Crippen molar-refractivity contribution in [2.75, 3.05) is 27.4 Å². The lowest BCUT2D eigenvalue weighted by Gasteiger charge is -2.17. The second kappa shape index (κ2) is 8.63. The van der Waals surface area contributed by atoms with E-state index in [4.69, 9.17) is 15.2 Å². The minimum atomic E-state index is -0.553. The fraction of sp³-hybridized carbons (Fsp3) is 0.500. The molecule has 0 heterocycles. The monoisotopic (exact) mass is 266 g/mol. The number of amides is 1. The summed E-state index contributed by atoms with van der Waals surface area (Å²) in [6, 6.07) is 9.15. The molecule has 5 nitrogen and oxygen atoms in total. The highest BCUT2D eigenvalue weighted by Crippen LogP contribution is 2.02. The zero-order valence-corrected chi connectivity index (χ0v) is 11.5. The molecule has 0 saturated heterocycles. The van der Waals surface area contributed by atoms with Crippen LogP contribution in [0.15, 0.2) is 30.3 Å². The number of methoxy groups -OCH3 is 2. The van der Waals surface area contributed by atoms with Crippen LogP contribution < -0.4 is 11.1 Å².